The second kappa shape index (κ2) is 6.66. The monoisotopic (exact) mass is 224 g/mol. The molecule has 16 heavy (non-hydrogen) atoms. The molecule has 0 aliphatic rings. The van der Waals surface area contributed by atoms with Crippen LogP contribution in [-0.4, -0.2) is 30.7 Å². The lowest BCUT2D eigenvalue weighted by atomic mass is 10.4. The summed E-state index contributed by atoms with van der Waals surface area (Å²) in [5.41, 5.74) is 0.761. The minimum absolute atomic E-state index is 0.142. The fourth-order valence-corrected chi connectivity index (χ4v) is 1.10. The van der Waals surface area contributed by atoms with Gasteiger partial charge in [-0.05, 0) is 19.9 Å². The zero-order chi connectivity index (χ0) is 11.8. The first-order chi connectivity index (χ1) is 7.76. The van der Waals surface area contributed by atoms with Gasteiger partial charge < -0.3 is 14.8 Å². The van der Waals surface area contributed by atoms with Crippen molar-refractivity contribution in [3.63, 3.8) is 0 Å². The second-order valence-electron chi connectivity index (χ2n) is 2.98. The van der Waals surface area contributed by atoms with Crippen molar-refractivity contribution in [1.29, 1.82) is 0 Å². The first kappa shape index (κ1) is 12.3. The number of nitrogens with one attached hydrogen (secondary N) is 1. The maximum Gasteiger partial charge on any atom is 0.325 e. The zero-order valence-corrected chi connectivity index (χ0v) is 9.53. The van der Waals surface area contributed by atoms with E-state index >= 15 is 0 Å². The predicted molar refractivity (Wildman–Crippen MR) is 60.5 cm³/mol. The number of nitrogens with zero attached hydrogens (tertiary/aromatic N) is 1. The number of anilines is 1. The molecule has 0 saturated carbocycles. The molecule has 0 aliphatic heterocycles. The fraction of sp³-hybridized carbons (Fsp3) is 0.455. The average Bonchev–Trinajstić information content (AvgIpc) is 2.29. The number of esters is 1. The number of hydrogen-bond donors (Lipinski definition) is 1. The molecule has 0 aromatic carbocycles. The largest absolute Gasteiger partial charge is 0.478 e. The highest BCUT2D eigenvalue weighted by molar-refractivity contribution is 5.74. The maximum absolute atomic E-state index is 11.1. The van der Waals surface area contributed by atoms with Gasteiger partial charge in [-0.1, -0.05) is 0 Å². The second-order valence-corrected chi connectivity index (χ2v) is 2.98. The number of ether oxygens (including phenoxy) is 2. The molecule has 0 fully saturated rings. The van der Waals surface area contributed by atoms with Gasteiger partial charge in [0.05, 0.1) is 25.1 Å². The predicted octanol–water partition coefficient (Wildman–Crippen LogP) is 1.46. The Morgan fingerprint density at radius 2 is 2.19 bits per heavy atom. The summed E-state index contributed by atoms with van der Waals surface area (Å²) < 4.78 is 9.97. The Balaban J connectivity index is 2.40. The van der Waals surface area contributed by atoms with Crippen molar-refractivity contribution >= 4 is 11.7 Å². The van der Waals surface area contributed by atoms with Gasteiger partial charge in [-0.3, -0.25) is 4.79 Å². The molecule has 88 valence electrons. The highest BCUT2D eigenvalue weighted by atomic mass is 16.5. The van der Waals surface area contributed by atoms with E-state index in [-0.39, 0.29) is 12.5 Å². The number of pyridine rings is 1. The zero-order valence-electron chi connectivity index (χ0n) is 9.53. The van der Waals surface area contributed by atoms with Crippen LogP contribution in [0.15, 0.2) is 18.3 Å². The van der Waals surface area contributed by atoms with E-state index < -0.39 is 0 Å². The van der Waals surface area contributed by atoms with Crippen molar-refractivity contribution in [1.82, 2.24) is 4.98 Å². The number of hydrogen-bond acceptors (Lipinski definition) is 5. The Bertz CT molecular complexity index is 325. The molecule has 1 rings (SSSR count). The molecule has 1 aromatic heterocycles. The quantitative estimate of drug-likeness (QED) is 0.741. The Hall–Kier alpha value is -1.78. The van der Waals surface area contributed by atoms with Crippen LogP contribution in [0.1, 0.15) is 13.8 Å². The normalized spacial score (nSPS) is 9.62. The molecule has 0 unspecified atom stereocenters. The number of carbonyl (C=O) groups excluding carboxylic acids is 1. The summed E-state index contributed by atoms with van der Waals surface area (Å²) in [5, 5.41) is 2.91. The molecule has 1 aromatic rings. The summed E-state index contributed by atoms with van der Waals surface area (Å²) in [6, 6.07) is 3.55. The third kappa shape index (κ3) is 4.16. The third-order valence-electron chi connectivity index (χ3n) is 1.77. The molecule has 0 aliphatic carbocycles. The standard InChI is InChI=1S/C11H16N2O3/c1-3-15-10-6-5-9(7-13-10)12-8-11(14)16-4-2/h5-7,12H,3-4,8H2,1-2H3. The van der Waals surface area contributed by atoms with Gasteiger partial charge in [-0.2, -0.15) is 0 Å². The smallest absolute Gasteiger partial charge is 0.325 e. The van der Waals surface area contributed by atoms with Crippen LogP contribution < -0.4 is 10.1 Å². The Labute approximate surface area is 94.8 Å². The minimum atomic E-state index is -0.281. The van der Waals surface area contributed by atoms with Crippen LogP contribution in [0.3, 0.4) is 0 Å². The maximum atomic E-state index is 11.1. The van der Waals surface area contributed by atoms with E-state index in [9.17, 15) is 4.79 Å². The van der Waals surface area contributed by atoms with Gasteiger partial charge in [0.15, 0.2) is 0 Å². The topological polar surface area (TPSA) is 60.5 Å². The average molecular weight is 224 g/mol. The van der Waals surface area contributed by atoms with Gasteiger partial charge >= 0.3 is 5.97 Å². The molecule has 5 nitrogen and oxygen atoms in total. The summed E-state index contributed by atoms with van der Waals surface area (Å²) in [7, 11) is 0. The van der Waals surface area contributed by atoms with Gasteiger partial charge in [-0.25, -0.2) is 4.98 Å². The van der Waals surface area contributed by atoms with Gasteiger partial charge in [0.2, 0.25) is 5.88 Å². The highest BCUT2D eigenvalue weighted by Gasteiger charge is 2.01. The summed E-state index contributed by atoms with van der Waals surface area (Å²) >= 11 is 0. The first-order valence-corrected chi connectivity index (χ1v) is 5.24. The minimum Gasteiger partial charge on any atom is -0.478 e. The molecule has 0 spiro atoms. The lowest BCUT2D eigenvalue weighted by Crippen LogP contribution is -2.16. The highest BCUT2D eigenvalue weighted by Crippen LogP contribution is 2.10. The van der Waals surface area contributed by atoms with Crippen LogP contribution in [-0.2, 0) is 9.53 Å². The summed E-state index contributed by atoms with van der Waals surface area (Å²) in [5.74, 6) is 0.292. The molecule has 0 bridgehead atoms. The van der Waals surface area contributed by atoms with E-state index in [4.69, 9.17) is 9.47 Å². The molecule has 0 amide bonds. The van der Waals surface area contributed by atoms with Gasteiger partial charge in [0, 0.05) is 6.07 Å². The van der Waals surface area contributed by atoms with Crippen molar-refractivity contribution < 1.29 is 14.3 Å². The van der Waals surface area contributed by atoms with Crippen molar-refractivity contribution in [2.75, 3.05) is 25.1 Å². The van der Waals surface area contributed by atoms with E-state index in [0.717, 1.165) is 5.69 Å². The SMILES string of the molecule is CCOC(=O)CNc1ccc(OCC)nc1. The van der Waals surface area contributed by atoms with Crippen LogP contribution >= 0.6 is 0 Å². The van der Waals surface area contributed by atoms with Crippen molar-refractivity contribution in [3.8, 4) is 5.88 Å². The van der Waals surface area contributed by atoms with Crippen molar-refractivity contribution in [2.24, 2.45) is 0 Å². The van der Waals surface area contributed by atoms with Crippen LogP contribution in [0.25, 0.3) is 0 Å². The van der Waals surface area contributed by atoms with E-state index in [1.807, 2.05) is 6.92 Å². The van der Waals surface area contributed by atoms with Crippen LogP contribution in [0.2, 0.25) is 0 Å². The summed E-state index contributed by atoms with van der Waals surface area (Å²) in [6.07, 6.45) is 1.62. The number of rotatable bonds is 6. The van der Waals surface area contributed by atoms with E-state index in [0.29, 0.717) is 19.1 Å². The van der Waals surface area contributed by atoms with Crippen LogP contribution in [0, 0.1) is 0 Å². The molecule has 0 radical (unpaired) electrons. The summed E-state index contributed by atoms with van der Waals surface area (Å²) in [6.45, 7) is 4.79. The van der Waals surface area contributed by atoms with Gasteiger partial charge in [0.25, 0.3) is 0 Å². The molecule has 0 saturated heterocycles. The van der Waals surface area contributed by atoms with Gasteiger partial charge in [0.1, 0.15) is 6.54 Å². The van der Waals surface area contributed by atoms with Crippen molar-refractivity contribution in [3.05, 3.63) is 18.3 Å². The van der Waals surface area contributed by atoms with E-state index in [1.54, 1.807) is 25.3 Å². The number of carbonyl (C=O) groups is 1. The Morgan fingerprint density at radius 1 is 1.38 bits per heavy atom. The first-order valence-electron chi connectivity index (χ1n) is 5.24. The molecule has 1 heterocycles. The summed E-state index contributed by atoms with van der Waals surface area (Å²) in [4.78, 5) is 15.1. The molecule has 5 heteroatoms. The Kier molecular flexibility index (Phi) is 5.11. The molecule has 1 N–H and O–H groups in total. The van der Waals surface area contributed by atoms with Crippen molar-refractivity contribution in [2.45, 2.75) is 13.8 Å². The lowest BCUT2D eigenvalue weighted by Gasteiger charge is -2.06. The third-order valence-corrected chi connectivity index (χ3v) is 1.77. The molecular weight excluding hydrogens is 208 g/mol. The van der Waals surface area contributed by atoms with E-state index in [1.165, 1.54) is 0 Å². The number of aromatic nitrogens is 1. The van der Waals surface area contributed by atoms with E-state index in [2.05, 4.69) is 10.3 Å². The lowest BCUT2D eigenvalue weighted by molar-refractivity contribution is -0.140. The molecular formula is C11H16N2O3. The fourth-order valence-electron chi connectivity index (χ4n) is 1.10. The Morgan fingerprint density at radius 3 is 2.75 bits per heavy atom. The van der Waals surface area contributed by atoms with Crippen LogP contribution in [0.5, 0.6) is 5.88 Å². The van der Waals surface area contributed by atoms with Gasteiger partial charge in [-0.15, -0.1) is 0 Å². The molecule has 0 atom stereocenters. The van der Waals surface area contributed by atoms with Crippen LogP contribution in [0.4, 0.5) is 5.69 Å².